The van der Waals surface area contributed by atoms with Gasteiger partial charge in [-0.3, -0.25) is 35.1 Å². The molecule has 0 saturated heterocycles. The zero-order chi connectivity index (χ0) is 31.5. The Morgan fingerprint density at radius 1 is 0.818 bits per heavy atom. The molecule has 0 amide bonds. The fourth-order valence-corrected chi connectivity index (χ4v) is 4.63. The second-order valence-corrected chi connectivity index (χ2v) is 9.27. The summed E-state index contributed by atoms with van der Waals surface area (Å²) >= 11 is 0. The van der Waals surface area contributed by atoms with Crippen LogP contribution in [-0.4, -0.2) is 37.6 Å². The number of ether oxygens (including phenoxy) is 1. The van der Waals surface area contributed by atoms with E-state index in [9.17, 15) is 40.2 Å². The molecule has 44 heavy (non-hydrogen) atoms. The van der Waals surface area contributed by atoms with E-state index in [0.29, 0.717) is 29.0 Å². The summed E-state index contributed by atoms with van der Waals surface area (Å²) in [7, 11) is 1.41. The SMILES string of the molecule is COc1ccc(/C([O-])=C(/c2c([N+](=O)[O-])cc([N+](=O)[O-])cc2[N+](=O)[O-])n2n[n+](CC(=O)c3ccccc3)c3ccccc32)cc1. The summed E-state index contributed by atoms with van der Waals surface area (Å²) < 4.78 is 7.37. The zero-order valence-electron chi connectivity index (χ0n) is 22.7. The second kappa shape index (κ2) is 11.8. The Balaban J connectivity index is 1.86. The van der Waals surface area contributed by atoms with E-state index in [2.05, 4.69) is 5.21 Å². The van der Waals surface area contributed by atoms with E-state index in [4.69, 9.17) is 4.74 Å². The van der Waals surface area contributed by atoms with Gasteiger partial charge in [-0.15, -0.1) is 4.68 Å². The van der Waals surface area contributed by atoms with Crippen molar-refractivity contribution in [1.29, 1.82) is 0 Å². The number of hydrogen-bond donors (Lipinski definition) is 0. The summed E-state index contributed by atoms with van der Waals surface area (Å²) in [5.74, 6) is -0.888. The molecule has 0 aliphatic rings. The first-order chi connectivity index (χ1) is 21.1. The van der Waals surface area contributed by atoms with Crippen molar-refractivity contribution in [3.8, 4) is 5.75 Å². The first-order valence-corrected chi connectivity index (χ1v) is 12.7. The first kappa shape index (κ1) is 29.0. The number of non-ortho nitro benzene ring substituents is 1. The Labute approximate surface area is 246 Å². The molecule has 15 nitrogen and oxygen atoms in total. The van der Waals surface area contributed by atoms with E-state index >= 15 is 0 Å². The minimum Gasteiger partial charge on any atom is -0.869 e. The maximum atomic E-state index is 14.2. The highest BCUT2D eigenvalue weighted by molar-refractivity contribution is 5.97. The standard InChI is InChI=1S/C29H20N6O9/c1-44-21-13-11-19(12-14-21)29(37)28(27-24(34(40)41)15-20(33(38)39)16-25(27)35(42)43)32-23-10-6-5-9-22(23)31(30-32)17-26(36)18-7-3-2-4-8-18/h2-16H,17H2,1H3. The summed E-state index contributed by atoms with van der Waals surface area (Å²) in [5, 5.41) is 54.7. The van der Waals surface area contributed by atoms with Gasteiger partial charge in [0.25, 0.3) is 17.1 Å². The number of nitrogens with zero attached hydrogens (tertiary/aromatic N) is 6. The Kier molecular flexibility index (Phi) is 7.76. The van der Waals surface area contributed by atoms with Gasteiger partial charge in [-0.1, -0.05) is 59.3 Å². The maximum absolute atomic E-state index is 14.2. The number of carbonyl (C=O) groups is 1. The lowest BCUT2D eigenvalue weighted by Gasteiger charge is -2.17. The Hall–Kier alpha value is -6.51. The number of para-hydroxylation sites is 2. The molecule has 0 fully saturated rings. The van der Waals surface area contributed by atoms with Gasteiger partial charge in [0.05, 0.1) is 39.2 Å². The molecule has 5 rings (SSSR count). The van der Waals surface area contributed by atoms with E-state index in [1.54, 1.807) is 48.5 Å². The summed E-state index contributed by atoms with van der Waals surface area (Å²) in [6.07, 6.45) is 0. The Morgan fingerprint density at radius 3 is 1.98 bits per heavy atom. The lowest BCUT2D eigenvalue weighted by atomic mass is 10.0. The van der Waals surface area contributed by atoms with Crippen molar-refractivity contribution in [3.05, 3.63) is 138 Å². The third kappa shape index (κ3) is 5.39. The van der Waals surface area contributed by atoms with E-state index in [1.165, 1.54) is 42.1 Å². The van der Waals surface area contributed by atoms with E-state index in [1.807, 2.05) is 0 Å². The third-order valence-electron chi connectivity index (χ3n) is 6.68. The van der Waals surface area contributed by atoms with Crippen molar-refractivity contribution >= 4 is 45.3 Å². The predicted octanol–water partition coefficient (Wildman–Crippen LogP) is 3.67. The Bertz CT molecular complexity index is 1950. The molecule has 0 atom stereocenters. The molecular formula is C29H20N6O9. The van der Waals surface area contributed by atoms with Gasteiger partial charge in [0.2, 0.25) is 11.3 Å². The highest BCUT2D eigenvalue weighted by atomic mass is 16.6. The fraction of sp³-hybridized carbons (Fsp3) is 0.0690. The number of Topliss-reactive ketones (excluding diaryl/α,β-unsaturated/α-hetero) is 1. The second-order valence-electron chi connectivity index (χ2n) is 9.27. The van der Waals surface area contributed by atoms with Gasteiger partial charge in [0.1, 0.15) is 5.75 Å². The molecule has 0 bridgehead atoms. The molecule has 15 heteroatoms. The van der Waals surface area contributed by atoms with Crippen molar-refractivity contribution in [1.82, 2.24) is 9.90 Å². The lowest BCUT2D eigenvalue weighted by Crippen LogP contribution is -2.41. The van der Waals surface area contributed by atoms with Crippen LogP contribution in [0.25, 0.3) is 22.5 Å². The van der Waals surface area contributed by atoms with Crippen LogP contribution in [0.2, 0.25) is 0 Å². The van der Waals surface area contributed by atoms with Gasteiger partial charge in [0, 0.05) is 5.56 Å². The van der Waals surface area contributed by atoms with Crippen LogP contribution in [0.1, 0.15) is 21.5 Å². The van der Waals surface area contributed by atoms with Gasteiger partial charge < -0.3 is 9.84 Å². The average Bonchev–Trinajstić information content (AvgIpc) is 3.38. The normalized spacial score (nSPS) is 11.6. The van der Waals surface area contributed by atoms with Crippen LogP contribution in [0, 0.1) is 30.3 Å². The number of benzene rings is 4. The topological polar surface area (TPSA) is 200 Å². The van der Waals surface area contributed by atoms with Crippen LogP contribution in [-0.2, 0) is 6.54 Å². The molecule has 5 aromatic rings. The number of fused-ring (bicyclic) bond motifs is 1. The van der Waals surface area contributed by atoms with E-state index < -0.39 is 48.9 Å². The number of methoxy groups -OCH3 is 1. The van der Waals surface area contributed by atoms with Gasteiger partial charge in [-0.05, 0) is 35.6 Å². The number of carbonyl (C=O) groups excluding carboxylic acids is 1. The van der Waals surface area contributed by atoms with Gasteiger partial charge in [-0.2, -0.15) is 0 Å². The van der Waals surface area contributed by atoms with Crippen molar-refractivity contribution in [3.63, 3.8) is 0 Å². The number of ketones is 1. The van der Waals surface area contributed by atoms with E-state index in [0.717, 1.165) is 4.68 Å². The third-order valence-corrected chi connectivity index (χ3v) is 6.68. The molecule has 0 saturated carbocycles. The summed E-state index contributed by atoms with van der Waals surface area (Å²) in [5.41, 5.74) is -3.66. The fourth-order valence-electron chi connectivity index (χ4n) is 4.63. The van der Waals surface area contributed by atoms with Crippen LogP contribution < -0.4 is 14.5 Å². The van der Waals surface area contributed by atoms with Crippen LogP contribution in [0.5, 0.6) is 5.75 Å². The molecule has 0 radical (unpaired) electrons. The molecule has 220 valence electrons. The van der Waals surface area contributed by atoms with Gasteiger partial charge in [0.15, 0.2) is 23.3 Å². The summed E-state index contributed by atoms with van der Waals surface area (Å²) in [6.45, 7) is -0.314. The highest BCUT2D eigenvalue weighted by Gasteiger charge is 2.38. The predicted molar refractivity (Wildman–Crippen MR) is 152 cm³/mol. The summed E-state index contributed by atoms with van der Waals surface area (Å²) in [6, 6.07) is 21.3. The monoisotopic (exact) mass is 596 g/mol. The van der Waals surface area contributed by atoms with Crippen molar-refractivity contribution in [2.24, 2.45) is 0 Å². The van der Waals surface area contributed by atoms with Crippen LogP contribution in [0.3, 0.4) is 0 Å². The van der Waals surface area contributed by atoms with Gasteiger partial charge >= 0.3 is 0 Å². The van der Waals surface area contributed by atoms with Crippen LogP contribution in [0.4, 0.5) is 17.1 Å². The van der Waals surface area contributed by atoms with Crippen molar-refractivity contribution in [2.75, 3.05) is 7.11 Å². The van der Waals surface area contributed by atoms with Crippen LogP contribution >= 0.6 is 0 Å². The molecule has 0 aliphatic heterocycles. The summed E-state index contributed by atoms with van der Waals surface area (Å²) in [4.78, 5) is 46.1. The largest absolute Gasteiger partial charge is 0.869 e. The minimum absolute atomic E-state index is 0.0470. The number of nitro benzene ring substituents is 3. The number of rotatable bonds is 10. The maximum Gasteiger partial charge on any atom is 0.294 e. The van der Waals surface area contributed by atoms with Crippen molar-refractivity contribution < 1.29 is 34.1 Å². The minimum atomic E-state index is -1.06. The molecule has 4 aromatic carbocycles. The van der Waals surface area contributed by atoms with Crippen LogP contribution in [0.15, 0.2) is 91.0 Å². The van der Waals surface area contributed by atoms with Crippen molar-refractivity contribution in [2.45, 2.75) is 6.54 Å². The molecule has 0 N–H and O–H groups in total. The molecule has 0 unspecified atom stereocenters. The van der Waals surface area contributed by atoms with Gasteiger partial charge in [-0.25, -0.2) is 0 Å². The lowest BCUT2D eigenvalue weighted by molar-refractivity contribution is -0.719. The average molecular weight is 597 g/mol. The van der Waals surface area contributed by atoms with E-state index in [-0.39, 0.29) is 23.4 Å². The Morgan fingerprint density at radius 2 is 1.41 bits per heavy atom. The number of nitro groups is 3. The zero-order valence-corrected chi connectivity index (χ0v) is 22.7. The highest BCUT2D eigenvalue weighted by Crippen LogP contribution is 2.41. The quantitative estimate of drug-likeness (QED) is 0.0572. The molecule has 1 heterocycles. The molecular weight excluding hydrogens is 576 g/mol. The smallest absolute Gasteiger partial charge is 0.294 e. The number of hydrogen-bond acceptors (Lipinski definition) is 10. The number of aromatic nitrogens is 3. The molecule has 0 aliphatic carbocycles. The first-order valence-electron chi connectivity index (χ1n) is 12.7. The molecule has 1 aromatic heterocycles. The molecule has 0 spiro atoms.